The van der Waals surface area contributed by atoms with Crippen molar-refractivity contribution in [1.82, 2.24) is 10.2 Å². The lowest BCUT2D eigenvalue weighted by Crippen LogP contribution is -2.37. The molecule has 18 heavy (non-hydrogen) atoms. The molecule has 0 saturated heterocycles. The van der Waals surface area contributed by atoms with Gasteiger partial charge in [-0.1, -0.05) is 37.3 Å². The van der Waals surface area contributed by atoms with Crippen LogP contribution in [0.2, 0.25) is 0 Å². The first-order valence-corrected chi connectivity index (χ1v) is 5.97. The largest absolute Gasteiger partial charge is 0.351 e. The number of rotatable bonds is 6. The standard InChI is InChI=1S/C13H19N3O2/c1-2-16(9-8-12(17)15-13(14)18)10-11-6-4-3-5-7-11/h3-7H,2,8-10H2,1H3,(H3,14,15,17,18). The number of hydrogen-bond donors (Lipinski definition) is 2. The smallest absolute Gasteiger partial charge is 0.318 e. The quantitative estimate of drug-likeness (QED) is 0.792. The Hall–Kier alpha value is -1.88. The number of carbonyl (C=O) groups excluding carboxylic acids is 2. The fourth-order valence-electron chi connectivity index (χ4n) is 1.65. The van der Waals surface area contributed by atoms with E-state index in [0.29, 0.717) is 6.54 Å². The normalized spacial score (nSPS) is 10.3. The molecule has 3 N–H and O–H groups in total. The Bertz CT molecular complexity index is 392. The molecule has 0 aromatic heterocycles. The van der Waals surface area contributed by atoms with E-state index >= 15 is 0 Å². The Kier molecular flexibility index (Phi) is 5.87. The number of hydrogen-bond acceptors (Lipinski definition) is 3. The highest BCUT2D eigenvalue weighted by molar-refractivity contribution is 5.93. The zero-order valence-electron chi connectivity index (χ0n) is 10.6. The molecule has 0 fully saturated rings. The molecule has 0 heterocycles. The summed E-state index contributed by atoms with van der Waals surface area (Å²) in [6.45, 7) is 4.28. The van der Waals surface area contributed by atoms with E-state index in [1.165, 1.54) is 5.56 Å². The van der Waals surface area contributed by atoms with Crippen LogP contribution >= 0.6 is 0 Å². The van der Waals surface area contributed by atoms with Crippen LogP contribution in [0.1, 0.15) is 18.9 Å². The summed E-state index contributed by atoms with van der Waals surface area (Å²) in [5.74, 6) is -0.339. The molecule has 5 heteroatoms. The lowest BCUT2D eigenvalue weighted by molar-refractivity contribution is -0.120. The number of nitrogens with zero attached hydrogens (tertiary/aromatic N) is 1. The number of nitrogens with one attached hydrogen (secondary N) is 1. The van der Waals surface area contributed by atoms with Gasteiger partial charge in [-0.3, -0.25) is 15.0 Å². The van der Waals surface area contributed by atoms with Crippen molar-refractivity contribution in [2.75, 3.05) is 13.1 Å². The third-order valence-electron chi connectivity index (χ3n) is 2.61. The van der Waals surface area contributed by atoms with Crippen LogP contribution in [-0.2, 0) is 11.3 Å². The van der Waals surface area contributed by atoms with Crippen LogP contribution in [0, 0.1) is 0 Å². The van der Waals surface area contributed by atoms with Gasteiger partial charge in [0, 0.05) is 19.5 Å². The summed E-state index contributed by atoms with van der Waals surface area (Å²) >= 11 is 0. The van der Waals surface area contributed by atoms with E-state index in [0.717, 1.165) is 13.1 Å². The number of benzene rings is 1. The van der Waals surface area contributed by atoms with Crippen molar-refractivity contribution in [3.8, 4) is 0 Å². The minimum Gasteiger partial charge on any atom is -0.351 e. The topological polar surface area (TPSA) is 75.4 Å². The predicted molar refractivity (Wildman–Crippen MR) is 69.7 cm³/mol. The molecule has 0 aliphatic rings. The maximum absolute atomic E-state index is 11.3. The lowest BCUT2D eigenvalue weighted by atomic mass is 10.2. The van der Waals surface area contributed by atoms with E-state index < -0.39 is 6.03 Å². The number of amides is 3. The van der Waals surface area contributed by atoms with E-state index in [-0.39, 0.29) is 12.3 Å². The second kappa shape index (κ2) is 7.45. The molecule has 0 aliphatic heterocycles. The highest BCUT2D eigenvalue weighted by Gasteiger charge is 2.08. The molecule has 1 aromatic rings. The van der Waals surface area contributed by atoms with E-state index in [1.54, 1.807) is 0 Å². The Morgan fingerprint density at radius 1 is 1.28 bits per heavy atom. The minimum atomic E-state index is -0.800. The van der Waals surface area contributed by atoms with Gasteiger partial charge in [-0.05, 0) is 12.1 Å². The molecule has 3 amide bonds. The van der Waals surface area contributed by atoms with Gasteiger partial charge in [0.1, 0.15) is 0 Å². The number of primary amides is 1. The van der Waals surface area contributed by atoms with Crippen LogP contribution in [-0.4, -0.2) is 29.9 Å². The molecule has 98 valence electrons. The van der Waals surface area contributed by atoms with Gasteiger partial charge >= 0.3 is 6.03 Å². The average molecular weight is 249 g/mol. The second-order valence-corrected chi connectivity index (χ2v) is 4.02. The first kappa shape index (κ1) is 14.2. The van der Waals surface area contributed by atoms with Gasteiger partial charge in [0.05, 0.1) is 0 Å². The Labute approximate surface area is 107 Å². The lowest BCUT2D eigenvalue weighted by Gasteiger charge is -2.19. The zero-order valence-corrected chi connectivity index (χ0v) is 10.6. The van der Waals surface area contributed by atoms with Crippen molar-refractivity contribution in [2.45, 2.75) is 19.9 Å². The van der Waals surface area contributed by atoms with E-state index in [4.69, 9.17) is 5.73 Å². The fourth-order valence-corrected chi connectivity index (χ4v) is 1.65. The molecule has 1 aromatic carbocycles. The van der Waals surface area contributed by atoms with Crippen LogP contribution < -0.4 is 11.1 Å². The number of urea groups is 1. The molecule has 0 bridgehead atoms. The van der Waals surface area contributed by atoms with Gasteiger partial charge in [0.2, 0.25) is 5.91 Å². The predicted octanol–water partition coefficient (Wildman–Crippen LogP) is 1.09. The molecular formula is C13H19N3O2. The van der Waals surface area contributed by atoms with Crippen molar-refractivity contribution in [3.63, 3.8) is 0 Å². The molecule has 5 nitrogen and oxygen atoms in total. The summed E-state index contributed by atoms with van der Waals surface area (Å²) in [6.07, 6.45) is 0.267. The summed E-state index contributed by atoms with van der Waals surface area (Å²) in [7, 11) is 0. The average Bonchev–Trinajstić information content (AvgIpc) is 2.35. The summed E-state index contributed by atoms with van der Waals surface area (Å²) in [5.41, 5.74) is 6.07. The molecule has 0 aliphatic carbocycles. The second-order valence-electron chi connectivity index (χ2n) is 4.02. The van der Waals surface area contributed by atoms with Gasteiger partial charge in [-0.2, -0.15) is 0 Å². The highest BCUT2D eigenvalue weighted by Crippen LogP contribution is 2.04. The molecule has 0 unspecified atom stereocenters. The van der Waals surface area contributed by atoms with Crippen molar-refractivity contribution in [2.24, 2.45) is 5.73 Å². The van der Waals surface area contributed by atoms with Gasteiger partial charge < -0.3 is 5.73 Å². The third-order valence-corrected chi connectivity index (χ3v) is 2.61. The van der Waals surface area contributed by atoms with Crippen LogP contribution in [0.15, 0.2) is 30.3 Å². The number of imide groups is 1. The SMILES string of the molecule is CCN(CCC(=O)NC(N)=O)Cc1ccccc1. The first-order chi connectivity index (χ1) is 8.61. The van der Waals surface area contributed by atoms with Crippen LogP contribution in [0.4, 0.5) is 4.79 Å². The highest BCUT2D eigenvalue weighted by atomic mass is 16.2. The maximum Gasteiger partial charge on any atom is 0.318 e. The Balaban J connectivity index is 2.38. The zero-order chi connectivity index (χ0) is 13.4. The molecule has 0 atom stereocenters. The van der Waals surface area contributed by atoms with Crippen LogP contribution in [0.25, 0.3) is 0 Å². The molecule has 0 radical (unpaired) electrons. The molecule has 0 spiro atoms. The number of carbonyl (C=O) groups is 2. The van der Waals surface area contributed by atoms with Gasteiger partial charge in [-0.25, -0.2) is 4.79 Å². The van der Waals surface area contributed by atoms with Crippen molar-refractivity contribution >= 4 is 11.9 Å². The maximum atomic E-state index is 11.3. The van der Waals surface area contributed by atoms with Crippen LogP contribution in [0.3, 0.4) is 0 Å². The summed E-state index contributed by atoms with van der Waals surface area (Å²) in [6, 6.07) is 9.25. The van der Waals surface area contributed by atoms with Crippen molar-refractivity contribution in [3.05, 3.63) is 35.9 Å². The van der Waals surface area contributed by atoms with E-state index in [1.807, 2.05) is 37.3 Å². The van der Waals surface area contributed by atoms with E-state index in [9.17, 15) is 9.59 Å². The third kappa shape index (κ3) is 5.45. The Morgan fingerprint density at radius 2 is 1.94 bits per heavy atom. The minimum absolute atomic E-state index is 0.267. The van der Waals surface area contributed by atoms with E-state index in [2.05, 4.69) is 10.2 Å². The first-order valence-electron chi connectivity index (χ1n) is 5.97. The Morgan fingerprint density at radius 3 is 2.50 bits per heavy atom. The summed E-state index contributed by atoms with van der Waals surface area (Å²) < 4.78 is 0. The fraction of sp³-hybridized carbons (Fsp3) is 0.385. The van der Waals surface area contributed by atoms with Crippen molar-refractivity contribution in [1.29, 1.82) is 0 Å². The van der Waals surface area contributed by atoms with Gasteiger partial charge in [-0.15, -0.1) is 0 Å². The summed E-state index contributed by atoms with van der Waals surface area (Å²) in [5, 5.41) is 2.06. The van der Waals surface area contributed by atoms with Crippen LogP contribution in [0.5, 0.6) is 0 Å². The van der Waals surface area contributed by atoms with Gasteiger partial charge in [0.15, 0.2) is 0 Å². The molecule has 1 rings (SSSR count). The summed E-state index contributed by atoms with van der Waals surface area (Å²) in [4.78, 5) is 23.9. The monoisotopic (exact) mass is 249 g/mol. The molecule has 0 saturated carbocycles. The van der Waals surface area contributed by atoms with Gasteiger partial charge in [0.25, 0.3) is 0 Å². The number of nitrogens with two attached hydrogens (primary N) is 1. The van der Waals surface area contributed by atoms with Crippen molar-refractivity contribution < 1.29 is 9.59 Å². The molecular weight excluding hydrogens is 230 g/mol.